The minimum atomic E-state index is -0.467. The number of aryl methyl sites for hydroxylation is 1. The molecule has 6 rings (SSSR count). The molecule has 1 atom stereocenters. The van der Waals surface area contributed by atoms with Crippen LogP contribution in [0.25, 0.3) is 22.6 Å². The second kappa shape index (κ2) is 9.22. The number of nitrogens with two attached hydrogens (primary N) is 1. The number of nitrogens with zero attached hydrogens (tertiary/aromatic N) is 7. The van der Waals surface area contributed by atoms with E-state index in [1.165, 1.54) is 4.52 Å². The standard InChI is InChI=1S/C28H23N9O/c1-18(32-28(38)26-27(29)34-23-12-7-15-30-37(23)26)24-25(20-8-4-3-5-9-20)36-21(10-6-11-22(36)33-24)14-13-19-16-31-35(2)17-19/h3-12,15-18H,29H2,1-2H3,(H,32,38)/t18-/m1/s1. The molecule has 0 saturated carbocycles. The molecule has 0 bridgehead atoms. The molecule has 0 fully saturated rings. The number of hydrogen-bond acceptors (Lipinski definition) is 6. The van der Waals surface area contributed by atoms with Gasteiger partial charge in [0.15, 0.2) is 17.2 Å². The molecular formula is C28H23N9O. The van der Waals surface area contributed by atoms with Crippen molar-refractivity contribution in [2.24, 2.45) is 7.05 Å². The molecule has 1 aromatic carbocycles. The molecule has 0 aliphatic carbocycles. The normalized spacial score (nSPS) is 11.8. The quantitative estimate of drug-likeness (QED) is 0.358. The monoisotopic (exact) mass is 501 g/mol. The van der Waals surface area contributed by atoms with Crippen LogP contribution in [-0.4, -0.2) is 39.7 Å². The first-order valence-corrected chi connectivity index (χ1v) is 12.0. The van der Waals surface area contributed by atoms with Gasteiger partial charge in [-0.15, -0.1) is 0 Å². The number of carbonyl (C=O) groups excluding carboxylic acids is 1. The topological polar surface area (TPSA) is 120 Å². The third kappa shape index (κ3) is 4.02. The SMILES string of the molecule is C[C@@H](NC(=O)c1c(N)nc2cccnn12)c1nc2cccc(C#Cc3cnn(C)c3)n2c1-c1ccccc1. The fourth-order valence-electron chi connectivity index (χ4n) is 4.46. The number of hydrogen-bond donors (Lipinski definition) is 2. The van der Waals surface area contributed by atoms with Crippen LogP contribution in [0, 0.1) is 11.8 Å². The second-order valence-electron chi connectivity index (χ2n) is 8.80. The van der Waals surface area contributed by atoms with Crippen molar-refractivity contribution >= 4 is 23.0 Å². The third-order valence-electron chi connectivity index (χ3n) is 6.15. The van der Waals surface area contributed by atoms with Crippen molar-refractivity contribution < 1.29 is 4.79 Å². The fraction of sp³-hybridized carbons (Fsp3) is 0.107. The van der Waals surface area contributed by atoms with Gasteiger partial charge in [-0.05, 0) is 37.1 Å². The summed E-state index contributed by atoms with van der Waals surface area (Å²) < 4.78 is 5.16. The Hall–Kier alpha value is -5.43. The molecule has 5 heterocycles. The van der Waals surface area contributed by atoms with Gasteiger partial charge in [-0.2, -0.15) is 10.2 Å². The van der Waals surface area contributed by atoms with Crippen LogP contribution in [0.5, 0.6) is 0 Å². The van der Waals surface area contributed by atoms with E-state index in [9.17, 15) is 4.79 Å². The highest BCUT2D eigenvalue weighted by Gasteiger charge is 2.25. The Labute approximate surface area is 217 Å². The lowest BCUT2D eigenvalue weighted by Gasteiger charge is -2.15. The minimum absolute atomic E-state index is 0.111. The van der Waals surface area contributed by atoms with Crippen LogP contribution in [0.15, 0.2) is 79.3 Å². The number of rotatable bonds is 4. The van der Waals surface area contributed by atoms with Crippen LogP contribution in [0.3, 0.4) is 0 Å². The molecule has 5 aromatic heterocycles. The smallest absolute Gasteiger partial charge is 0.274 e. The number of carbonyl (C=O) groups is 1. The number of aromatic nitrogens is 7. The van der Waals surface area contributed by atoms with Crippen LogP contribution in [0.4, 0.5) is 5.82 Å². The van der Waals surface area contributed by atoms with E-state index >= 15 is 0 Å². The lowest BCUT2D eigenvalue weighted by atomic mass is 10.1. The van der Waals surface area contributed by atoms with Gasteiger partial charge in [-0.25, -0.2) is 14.5 Å². The van der Waals surface area contributed by atoms with Crippen molar-refractivity contribution in [3.63, 3.8) is 0 Å². The number of nitrogen functional groups attached to an aromatic ring is 1. The second-order valence-corrected chi connectivity index (χ2v) is 8.80. The molecule has 6 aromatic rings. The fourth-order valence-corrected chi connectivity index (χ4v) is 4.46. The Balaban J connectivity index is 1.45. The van der Waals surface area contributed by atoms with Gasteiger partial charge in [0.2, 0.25) is 0 Å². The van der Waals surface area contributed by atoms with E-state index in [1.54, 1.807) is 29.2 Å². The molecular weight excluding hydrogens is 478 g/mol. The van der Waals surface area contributed by atoms with E-state index in [0.717, 1.165) is 22.5 Å². The zero-order chi connectivity index (χ0) is 26.2. The van der Waals surface area contributed by atoms with E-state index in [-0.39, 0.29) is 11.5 Å². The molecule has 0 aliphatic heterocycles. The van der Waals surface area contributed by atoms with E-state index in [1.807, 2.05) is 73.1 Å². The average Bonchev–Trinajstić information content (AvgIpc) is 3.62. The number of benzene rings is 1. The van der Waals surface area contributed by atoms with Gasteiger partial charge in [-0.1, -0.05) is 42.3 Å². The number of pyridine rings is 1. The molecule has 0 spiro atoms. The first-order valence-electron chi connectivity index (χ1n) is 12.0. The predicted octanol–water partition coefficient (Wildman–Crippen LogP) is 3.25. The van der Waals surface area contributed by atoms with Gasteiger partial charge in [0.25, 0.3) is 5.91 Å². The van der Waals surface area contributed by atoms with Crippen LogP contribution in [0.1, 0.15) is 40.4 Å². The third-order valence-corrected chi connectivity index (χ3v) is 6.15. The van der Waals surface area contributed by atoms with Gasteiger partial charge in [-0.3, -0.25) is 13.9 Å². The molecule has 10 nitrogen and oxygen atoms in total. The van der Waals surface area contributed by atoms with E-state index < -0.39 is 11.9 Å². The zero-order valence-electron chi connectivity index (χ0n) is 20.7. The van der Waals surface area contributed by atoms with Crippen molar-refractivity contribution in [3.8, 4) is 23.1 Å². The summed E-state index contributed by atoms with van der Waals surface area (Å²) in [5.41, 5.74) is 11.5. The highest BCUT2D eigenvalue weighted by atomic mass is 16.2. The largest absolute Gasteiger partial charge is 0.382 e. The average molecular weight is 502 g/mol. The number of amides is 1. The molecule has 0 aliphatic rings. The first kappa shape index (κ1) is 23.0. The molecule has 3 N–H and O–H groups in total. The Morgan fingerprint density at radius 1 is 0.974 bits per heavy atom. The minimum Gasteiger partial charge on any atom is -0.382 e. The maximum atomic E-state index is 13.4. The van der Waals surface area contributed by atoms with Gasteiger partial charge in [0.05, 0.1) is 34.9 Å². The molecule has 1 amide bonds. The number of nitrogens with one attached hydrogen (secondary N) is 1. The maximum absolute atomic E-state index is 13.4. The van der Waals surface area contributed by atoms with Crippen molar-refractivity contribution in [1.29, 1.82) is 0 Å². The summed E-state index contributed by atoms with van der Waals surface area (Å²) in [7, 11) is 1.85. The lowest BCUT2D eigenvalue weighted by Crippen LogP contribution is -2.29. The summed E-state index contributed by atoms with van der Waals surface area (Å²) >= 11 is 0. The molecule has 0 unspecified atom stereocenters. The highest BCUT2D eigenvalue weighted by Crippen LogP contribution is 2.31. The van der Waals surface area contributed by atoms with Crippen LogP contribution in [0.2, 0.25) is 0 Å². The van der Waals surface area contributed by atoms with Crippen molar-refractivity contribution in [3.05, 3.63) is 102 Å². The van der Waals surface area contributed by atoms with E-state index in [2.05, 4.69) is 32.3 Å². The molecule has 0 radical (unpaired) electrons. The van der Waals surface area contributed by atoms with Crippen LogP contribution < -0.4 is 11.1 Å². The maximum Gasteiger partial charge on any atom is 0.274 e. The van der Waals surface area contributed by atoms with Gasteiger partial charge < -0.3 is 11.1 Å². The van der Waals surface area contributed by atoms with Gasteiger partial charge in [0.1, 0.15) is 5.65 Å². The number of anilines is 1. The Kier molecular flexibility index (Phi) is 5.58. The predicted molar refractivity (Wildman–Crippen MR) is 143 cm³/mol. The zero-order valence-corrected chi connectivity index (χ0v) is 20.7. The van der Waals surface area contributed by atoms with Crippen molar-refractivity contribution in [2.75, 3.05) is 5.73 Å². The first-order chi connectivity index (χ1) is 18.5. The molecule has 0 saturated heterocycles. The summed E-state index contributed by atoms with van der Waals surface area (Å²) in [6.45, 7) is 1.89. The Morgan fingerprint density at radius 2 is 1.79 bits per heavy atom. The van der Waals surface area contributed by atoms with Gasteiger partial charge in [0, 0.05) is 25.0 Å². The number of imidazole rings is 2. The highest BCUT2D eigenvalue weighted by molar-refractivity contribution is 5.98. The Bertz CT molecular complexity index is 1870. The summed E-state index contributed by atoms with van der Waals surface area (Å²) in [6.07, 6.45) is 5.17. The van der Waals surface area contributed by atoms with Crippen LogP contribution in [-0.2, 0) is 7.05 Å². The molecule has 10 heteroatoms. The molecule has 186 valence electrons. The summed E-state index contributed by atoms with van der Waals surface area (Å²) in [6, 6.07) is 18.7. The van der Waals surface area contributed by atoms with Crippen LogP contribution >= 0.6 is 0 Å². The molecule has 38 heavy (non-hydrogen) atoms. The van der Waals surface area contributed by atoms with E-state index in [0.29, 0.717) is 17.0 Å². The summed E-state index contributed by atoms with van der Waals surface area (Å²) in [5, 5.41) is 11.5. The van der Waals surface area contributed by atoms with Crippen molar-refractivity contribution in [2.45, 2.75) is 13.0 Å². The lowest BCUT2D eigenvalue weighted by molar-refractivity contribution is 0.0933. The Morgan fingerprint density at radius 3 is 2.58 bits per heavy atom. The summed E-state index contributed by atoms with van der Waals surface area (Å²) in [5.74, 6) is 6.17. The van der Waals surface area contributed by atoms with E-state index in [4.69, 9.17) is 10.7 Å². The number of fused-ring (bicyclic) bond motifs is 2. The van der Waals surface area contributed by atoms with Gasteiger partial charge >= 0.3 is 0 Å². The van der Waals surface area contributed by atoms with Crippen molar-refractivity contribution in [1.82, 2.24) is 39.1 Å². The summed E-state index contributed by atoms with van der Waals surface area (Å²) in [4.78, 5) is 22.5.